The highest BCUT2D eigenvalue weighted by molar-refractivity contribution is 7.09. The highest BCUT2D eigenvalue weighted by Crippen LogP contribution is 2.20. The lowest BCUT2D eigenvalue weighted by atomic mass is 10.1. The molecule has 1 unspecified atom stereocenters. The third-order valence-electron chi connectivity index (χ3n) is 3.26. The molecule has 1 amide bonds. The fraction of sp³-hybridized carbons (Fsp3) is 0.692. The van der Waals surface area contributed by atoms with Crippen LogP contribution in [0.2, 0.25) is 0 Å². The van der Waals surface area contributed by atoms with Gasteiger partial charge in [-0.3, -0.25) is 4.79 Å². The third-order valence-corrected chi connectivity index (χ3v) is 4.31. The van der Waals surface area contributed by atoms with Gasteiger partial charge in [-0.1, -0.05) is 0 Å². The summed E-state index contributed by atoms with van der Waals surface area (Å²) in [6.07, 6.45) is 2.11. The first-order valence-corrected chi connectivity index (χ1v) is 7.61. The lowest BCUT2D eigenvalue weighted by Gasteiger charge is -2.31. The van der Waals surface area contributed by atoms with Crippen molar-refractivity contribution in [2.45, 2.75) is 38.8 Å². The van der Waals surface area contributed by atoms with Gasteiger partial charge < -0.3 is 15.4 Å². The van der Waals surface area contributed by atoms with Crippen LogP contribution >= 0.6 is 11.3 Å². The first kappa shape index (κ1) is 14.4. The van der Waals surface area contributed by atoms with Crippen molar-refractivity contribution in [3.8, 4) is 0 Å². The second-order valence-corrected chi connectivity index (χ2v) is 5.70. The SMILES string of the molecule is CCOC1CCN(C(=O)c2csc(C(C)N)n2)CC1. The summed E-state index contributed by atoms with van der Waals surface area (Å²) in [4.78, 5) is 18.5. The van der Waals surface area contributed by atoms with E-state index in [0.717, 1.165) is 37.5 Å². The van der Waals surface area contributed by atoms with E-state index in [-0.39, 0.29) is 11.9 Å². The number of nitrogens with zero attached hydrogens (tertiary/aromatic N) is 2. The quantitative estimate of drug-likeness (QED) is 0.915. The van der Waals surface area contributed by atoms with Gasteiger partial charge in [0.15, 0.2) is 0 Å². The van der Waals surface area contributed by atoms with Gasteiger partial charge in [0.2, 0.25) is 0 Å². The maximum Gasteiger partial charge on any atom is 0.273 e. The predicted molar refractivity (Wildman–Crippen MR) is 75.3 cm³/mol. The van der Waals surface area contributed by atoms with Crippen molar-refractivity contribution in [3.05, 3.63) is 16.1 Å². The Labute approximate surface area is 117 Å². The van der Waals surface area contributed by atoms with Gasteiger partial charge in [0.05, 0.1) is 12.1 Å². The van der Waals surface area contributed by atoms with E-state index in [1.54, 1.807) is 5.38 Å². The average Bonchev–Trinajstić information content (AvgIpc) is 2.89. The summed E-state index contributed by atoms with van der Waals surface area (Å²) >= 11 is 1.45. The third kappa shape index (κ3) is 3.52. The molecule has 106 valence electrons. The minimum atomic E-state index is -0.116. The Morgan fingerprint density at radius 2 is 2.32 bits per heavy atom. The summed E-state index contributed by atoms with van der Waals surface area (Å²) in [7, 11) is 0. The van der Waals surface area contributed by atoms with Crippen molar-refractivity contribution < 1.29 is 9.53 Å². The van der Waals surface area contributed by atoms with Crippen LogP contribution in [0, 0.1) is 0 Å². The Kier molecular flexibility index (Phi) is 4.90. The Hall–Kier alpha value is -0.980. The minimum absolute atomic E-state index is 0.0121. The molecule has 5 nitrogen and oxygen atoms in total. The van der Waals surface area contributed by atoms with Crippen LogP contribution in [0.3, 0.4) is 0 Å². The number of ether oxygens (including phenoxy) is 1. The number of hydrogen-bond acceptors (Lipinski definition) is 5. The zero-order valence-electron chi connectivity index (χ0n) is 11.5. The van der Waals surface area contributed by atoms with Crippen LogP contribution in [0.4, 0.5) is 0 Å². The Morgan fingerprint density at radius 1 is 1.63 bits per heavy atom. The lowest BCUT2D eigenvalue weighted by molar-refractivity contribution is 0.0144. The predicted octanol–water partition coefficient (Wildman–Crippen LogP) is 1.80. The number of rotatable bonds is 4. The van der Waals surface area contributed by atoms with Crippen LogP contribution in [0.25, 0.3) is 0 Å². The zero-order chi connectivity index (χ0) is 13.8. The fourth-order valence-corrected chi connectivity index (χ4v) is 2.97. The van der Waals surface area contributed by atoms with Gasteiger partial charge in [0.1, 0.15) is 10.7 Å². The average molecular weight is 283 g/mol. The number of carbonyl (C=O) groups excluding carboxylic acids is 1. The molecule has 1 fully saturated rings. The van der Waals surface area contributed by atoms with Crippen molar-refractivity contribution in [2.75, 3.05) is 19.7 Å². The summed E-state index contributed by atoms with van der Waals surface area (Å²) < 4.78 is 5.58. The lowest BCUT2D eigenvalue weighted by Crippen LogP contribution is -2.41. The molecule has 1 aliphatic rings. The van der Waals surface area contributed by atoms with E-state index in [1.807, 2.05) is 18.7 Å². The summed E-state index contributed by atoms with van der Waals surface area (Å²) in [5.41, 5.74) is 6.28. The molecular weight excluding hydrogens is 262 g/mol. The van der Waals surface area contributed by atoms with E-state index >= 15 is 0 Å². The molecule has 2 heterocycles. The van der Waals surface area contributed by atoms with Crippen LogP contribution < -0.4 is 5.73 Å². The molecule has 0 saturated carbocycles. The Balaban J connectivity index is 1.93. The first-order valence-electron chi connectivity index (χ1n) is 6.73. The number of likely N-dealkylation sites (tertiary alicyclic amines) is 1. The van der Waals surface area contributed by atoms with Crippen LogP contribution in [0.15, 0.2) is 5.38 Å². The molecule has 0 bridgehead atoms. The van der Waals surface area contributed by atoms with E-state index in [0.29, 0.717) is 11.8 Å². The molecule has 19 heavy (non-hydrogen) atoms. The van der Waals surface area contributed by atoms with Crippen LogP contribution in [-0.4, -0.2) is 41.6 Å². The van der Waals surface area contributed by atoms with Gasteiger partial charge >= 0.3 is 0 Å². The summed E-state index contributed by atoms with van der Waals surface area (Å²) in [5, 5.41) is 2.61. The molecule has 1 aromatic heterocycles. The second kappa shape index (κ2) is 6.45. The van der Waals surface area contributed by atoms with Gasteiger partial charge in [-0.05, 0) is 26.7 Å². The standard InChI is InChI=1S/C13H21N3O2S/c1-3-18-10-4-6-16(7-5-10)13(17)11-8-19-12(15-11)9(2)14/h8-10H,3-7,14H2,1-2H3. The van der Waals surface area contributed by atoms with E-state index in [1.165, 1.54) is 11.3 Å². The van der Waals surface area contributed by atoms with Crippen molar-refractivity contribution in [1.82, 2.24) is 9.88 Å². The summed E-state index contributed by atoms with van der Waals surface area (Å²) in [6, 6.07) is -0.116. The highest BCUT2D eigenvalue weighted by atomic mass is 32.1. The van der Waals surface area contributed by atoms with Crippen LogP contribution in [0.5, 0.6) is 0 Å². The molecule has 0 spiro atoms. The van der Waals surface area contributed by atoms with E-state index < -0.39 is 0 Å². The van der Waals surface area contributed by atoms with Crippen molar-refractivity contribution in [2.24, 2.45) is 5.73 Å². The molecule has 1 saturated heterocycles. The summed E-state index contributed by atoms with van der Waals surface area (Å²) in [6.45, 7) is 6.11. The molecule has 1 aromatic rings. The van der Waals surface area contributed by atoms with E-state index in [2.05, 4.69) is 4.98 Å². The minimum Gasteiger partial charge on any atom is -0.378 e. The Morgan fingerprint density at radius 3 is 2.84 bits per heavy atom. The van der Waals surface area contributed by atoms with Gasteiger partial charge in [0.25, 0.3) is 5.91 Å². The number of hydrogen-bond donors (Lipinski definition) is 1. The molecule has 0 radical (unpaired) electrons. The maximum absolute atomic E-state index is 12.3. The normalized spacial score (nSPS) is 18.6. The fourth-order valence-electron chi connectivity index (χ4n) is 2.22. The van der Waals surface area contributed by atoms with E-state index in [9.17, 15) is 4.79 Å². The molecule has 6 heteroatoms. The van der Waals surface area contributed by atoms with Crippen molar-refractivity contribution in [3.63, 3.8) is 0 Å². The molecule has 0 aromatic carbocycles. The van der Waals surface area contributed by atoms with Crippen LogP contribution in [-0.2, 0) is 4.74 Å². The molecule has 2 N–H and O–H groups in total. The smallest absolute Gasteiger partial charge is 0.273 e. The number of carbonyl (C=O) groups is 1. The molecule has 1 aliphatic heterocycles. The first-order chi connectivity index (χ1) is 9.11. The zero-order valence-corrected chi connectivity index (χ0v) is 12.3. The number of nitrogens with two attached hydrogens (primary N) is 1. The number of piperidine rings is 1. The molecular formula is C13H21N3O2S. The summed E-state index contributed by atoms with van der Waals surface area (Å²) in [5.74, 6) is 0.0121. The highest BCUT2D eigenvalue weighted by Gasteiger charge is 2.25. The molecule has 1 atom stereocenters. The number of amides is 1. The number of aromatic nitrogens is 1. The topological polar surface area (TPSA) is 68.5 Å². The van der Waals surface area contributed by atoms with Crippen LogP contribution in [0.1, 0.15) is 48.2 Å². The molecule has 2 rings (SSSR count). The van der Waals surface area contributed by atoms with Crippen molar-refractivity contribution >= 4 is 17.2 Å². The van der Waals surface area contributed by atoms with Gasteiger partial charge in [-0.15, -0.1) is 11.3 Å². The Bertz CT molecular complexity index is 425. The largest absolute Gasteiger partial charge is 0.378 e. The second-order valence-electron chi connectivity index (χ2n) is 4.81. The van der Waals surface area contributed by atoms with Gasteiger partial charge in [0, 0.05) is 25.1 Å². The van der Waals surface area contributed by atoms with Gasteiger partial charge in [-0.25, -0.2) is 4.98 Å². The number of thiazole rings is 1. The maximum atomic E-state index is 12.3. The van der Waals surface area contributed by atoms with Gasteiger partial charge in [-0.2, -0.15) is 0 Å². The van der Waals surface area contributed by atoms with E-state index in [4.69, 9.17) is 10.5 Å². The monoisotopic (exact) mass is 283 g/mol. The molecule has 0 aliphatic carbocycles. The van der Waals surface area contributed by atoms with Crippen molar-refractivity contribution in [1.29, 1.82) is 0 Å².